The lowest BCUT2D eigenvalue weighted by atomic mass is 10.0. The van der Waals surface area contributed by atoms with E-state index in [9.17, 15) is 22.8 Å². The van der Waals surface area contributed by atoms with E-state index in [0.717, 1.165) is 18.7 Å². The van der Waals surface area contributed by atoms with Gasteiger partial charge in [-0.15, -0.1) is 0 Å². The van der Waals surface area contributed by atoms with Crippen LogP contribution in [0.1, 0.15) is 24.8 Å². The molecular weight excluding hydrogens is 371 g/mol. The number of hydrogen-bond acceptors (Lipinski definition) is 3. The maximum absolute atomic E-state index is 13.1. The lowest BCUT2D eigenvalue weighted by molar-refractivity contribution is -0.137. The highest BCUT2D eigenvalue weighted by Gasteiger charge is 2.56. The summed E-state index contributed by atoms with van der Waals surface area (Å²) in [6, 6.07) is 3.10. The van der Waals surface area contributed by atoms with Gasteiger partial charge in [0.25, 0.3) is 0 Å². The fourth-order valence-electron chi connectivity index (χ4n) is 2.55. The topological polar surface area (TPSA) is 61.4 Å². The molecule has 1 aliphatic carbocycles. The van der Waals surface area contributed by atoms with Gasteiger partial charge >= 0.3 is 6.18 Å². The van der Waals surface area contributed by atoms with E-state index in [0.29, 0.717) is 25.8 Å². The van der Waals surface area contributed by atoms with Gasteiger partial charge in [0, 0.05) is 11.6 Å². The van der Waals surface area contributed by atoms with Gasteiger partial charge in [0.1, 0.15) is 5.41 Å². The second kappa shape index (κ2) is 7.84. The maximum Gasteiger partial charge on any atom is 0.418 e. The molecule has 0 spiro atoms. The van der Waals surface area contributed by atoms with Crippen LogP contribution in [0.5, 0.6) is 0 Å². The molecule has 0 saturated heterocycles. The zero-order valence-corrected chi connectivity index (χ0v) is 15.3. The summed E-state index contributed by atoms with van der Waals surface area (Å²) in [6.07, 6.45) is -3.33. The van der Waals surface area contributed by atoms with Gasteiger partial charge in [0.05, 0.1) is 11.3 Å². The standard InChI is InChI=1S/C17H21ClF3N3O2/c1-24(2)9-3-8-22-14(25)16(6-7-16)15(26)23-13-5-4-11(18)10-12(13)17(19,20)21/h4-5,10H,3,6-9H2,1-2H3,(H,22,25)(H,23,26). The first-order valence-corrected chi connectivity index (χ1v) is 8.55. The second-order valence-electron chi connectivity index (χ2n) is 6.64. The van der Waals surface area contributed by atoms with Crippen LogP contribution in [-0.2, 0) is 15.8 Å². The molecule has 0 atom stereocenters. The number of anilines is 1. The minimum atomic E-state index is -4.67. The molecule has 144 valence electrons. The molecule has 0 bridgehead atoms. The van der Waals surface area contributed by atoms with E-state index in [4.69, 9.17) is 11.6 Å². The van der Waals surface area contributed by atoms with E-state index < -0.39 is 34.7 Å². The smallest absolute Gasteiger partial charge is 0.355 e. The number of benzene rings is 1. The molecule has 1 aromatic rings. The van der Waals surface area contributed by atoms with Crippen LogP contribution in [0.15, 0.2) is 18.2 Å². The van der Waals surface area contributed by atoms with Crippen LogP contribution in [0.4, 0.5) is 18.9 Å². The van der Waals surface area contributed by atoms with Crippen LogP contribution in [0.2, 0.25) is 5.02 Å². The van der Waals surface area contributed by atoms with E-state index in [1.165, 1.54) is 6.07 Å². The van der Waals surface area contributed by atoms with Crippen LogP contribution in [-0.4, -0.2) is 43.9 Å². The molecule has 26 heavy (non-hydrogen) atoms. The second-order valence-corrected chi connectivity index (χ2v) is 7.07. The first kappa shape index (κ1) is 20.5. The Labute approximate surface area is 154 Å². The van der Waals surface area contributed by atoms with Crippen LogP contribution in [0.25, 0.3) is 0 Å². The summed E-state index contributed by atoms with van der Waals surface area (Å²) < 4.78 is 39.4. The summed E-state index contributed by atoms with van der Waals surface area (Å²) in [5, 5.41) is 4.85. The predicted octanol–water partition coefficient (Wildman–Crippen LogP) is 3.15. The van der Waals surface area contributed by atoms with Gasteiger partial charge in [-0.25, -0.2) is 0 Å². The zero-order chi connectivity index (χ0) is 19.5. The van der Waals surface area contributed by atoms with Crippen LogP contribution < -0.4 is 10.6 Å². The average Bonchev–Trinajstić information content (AvgIpc) is 3.33. The van der Waals surface area contributed by atoms with E-state index in [2.05, 4.69) is 10.6 Å². The highest BCUT2D eigenvalue weighted by atomic mass is 35.5. The minimum Gasteiger partial charge on any atom is -0.355 e. The van der Waals surface area contributed by atoms with Crippen LogP contribution in [0.3, 0.4) is 0 Å². The molecule has 9 heteroatoms. The molecule has 0 heterocycles. The van der Waals surface area contributed by atoms with Crippen molar-refractivity contribution >= 4 is 29.1 Å². The highest BCUT2D eigenvalue weighted by molar-refractivity contribution is 6.30. The van der Waals surface area contributed by atoms with E-state index >= 15 is 0 Å². The van der Waals surface area contributed by atoms with E-state index in [-0.39, 0.29) is 5.02 Å². The van der Waals surface area contributed by atoms with Crippen molar-refractivity contribution in [3.8, 4) is 0 Å². The Hall–Kier alpha value is -1.80. The van der Waals surface area contributed by atoms with Gasteiger partial charge in [-0.1, -0.05) is 11.6 Å². The van der Waals surface area contributed by atoms with Gasteiger partial charge in [0.15, 0.2) is 0 Å². The summed E-state index contributed by atoms with van der Waals surface area (Å²) in [4.78, 5) is 26.7. The number of carbonyl (C=O) groups is 2. The number of halogens is 4. The summed E-state index contributed by atoms with van der Waals surface area (Å²) in [7, 11) is 3.81. The molecule has 5 nitrogen and oxygen atoms in total. The van der Waals surface area contributed by atoms with Crippen molar-refractivity contribution < 1.29 is 22.8 Å². The first-order chi connectivity index (χ1) is 12.1. The quantitative estimate of drug-likeness (QED) is 0.554. The van der Waals surface area contributed by atoms with Crippen molar-refractivity contribution in [3.63, 3.8) is 0 Å². The third-order valence-electron chi connectivity index (χ3n) is 4.22. The number of rotatable bonds is 7. The monoisotopic (exact) mass is 391 g/mol. The molecule has 1 aliphatic rings. The summed E-state index contributed by atoms with van der Waals surface area (Å²) >= 11 is 5.63. The summed E-state index contributed by atoms with van der Waals surface area (Å²) in [6.45, 7) is 1.18. The number of amides is 2. The lowest BCUT2D eigenvalue weighted by Crippen LogP contribution is -2.41. The Morgan fingerprint density at radius 3 is 2.42 bits per heavy atom. The molecular formula is C17H21ClF3N3O2. The van der Waals surface area contributed by atoms with Crippen LogP contribution in [0, 0.1) is 5.41 Å². The highest BCUT2D eigenvalue weighted by Crippen LogP contribution is 2.47. The number of hydrogen-bond donors (Lipinski definition) is 2. The Bertz CT molecular complexity index is 688. The normalized spacial score (nSPS) is 15.7. The molecule has 0 aliphatic heterocycles. The Balaban J connectivity index is 2.04. The minimum absolute atomic E-state index is 0.0879. The van der Waals surface area contributed by atoms with Gasteiger partial charge in [-0.3, -0.25) is 9.59 Å². The van der Waals surface area contributed by atoms with E-state index in [1.807, 2.05) is 19.0 Å². The summed E-state index contributed by atoms with van der Waals surface area (Å²) in [5.74, 6) is -1.17. The van der Waals surface area contributed by atoms with Crippen molar-refractivity contribution in [2.24, 2.45) is 5.41 Å². The Kier molecular flexibility index (Phi) is 6.18. The van der Waals surface area contributed by atoms with Gasteiger partial charge in [-0.05, 0) is 58.1 Å². The van der Waals surface area contributed by atoms with Crippen molar-refractivity contribution in [3.05, 3.63) is 28.8 Å². The number of nitrogens with one attached hydrogen (secondary N) is 2. The van der Waals surface area contributed by atoms with Crippen molar-refractivity contribution in [1.82, 2.24) is 10.2 Å². The third kappa shape index (κ3) is 4.88. The molecule has 0 unspecified atom stereocenters. The number of carbonyl (C=O) groups excluding carboxylic acids is 2. The SMILES string of the molecule is CN(C)CCCNC(=O)C1(C(=O)Nc2ccc(Cl)cc2C(F)(F)F)CC1. The number of nitrogens with zero attached hydrogens (tertiary/aromatic N) is 1. The summed E-state index contributed by atoms with van der Waals surface area (Å²) in [5.41, 5.74) is -2.74. The predicted molar refractivity (Wildman–Crippen MR) is 92.9 cm³/mol. The number of alkyl halides is 3. The molecule has 0 aromatic heterocycles. The zero-order valence-electron chi connectivity index (χ0n) is 14.5. The molecule has 0 radical (unpaired) electrons. The molecule has 1 aromatic carbocycles. The van der Waals surface area contributed by atoms with Crippen molar-refractivity contribution in [2.75, 3.05) is 32.5 Å². The lowest BCUT2D eigenvalue weighted by Gasteiger charge is -2.18. The van der Waals surface area contributed by atoms with Crippen molar-refractivity contribution in [2.45, 2.75) is 25.4 Å². The molecule has 2 amide bonds. The van der Waals surface area contributed by atoms with Gasteiger partial charge in [-0.2, -0.15) is 13.2 Å². The maximum atomic E-state index is 13.1. The van der Waals surface area contributed by atoms with Gasteiger partial charge in [0.2, 0.25) is 11.8 Å². The molecule has 1 saturated carbocycles. The largest absolute Gasteiger partial charge is 0.418 e. The molecule has 1 fully saturated rings. The molecule has 2 rings (SSSR count). The molecule has 2 N–H and O–H groups in total. The van der Waals surface area contributed by atoms with Crippen molar-refractivity contribution in [1.29, 1.82) is 0 Å². The van der Waals surface area contributed by atoms with E-state index in [1.54, 1.807) is 0 Å². The third-order valence-corrected chi connectivity index (χ3v) is 4.46. The fourth-order valence-corrected chi connectivity index (χ4v) is 2.72. The Morgan fingerprint density at radius 2 is 1.88 bits per heavy atom. The Morgan fingerprint density at radius 1 is 1.23 bits per heavy atom. The van der Waals surface area contributed by atoms with Gasteiger partial charge < -0.3 is 15.5 Å². The fraction of sp³-hybridized carbons (Fsp3) is 0.529. The van der Waals surface area contributed by atoms with Crippen LogP contribution >= 0.6 is 11.6 Å². The average molecular weight is 392 g/mol. The first-order valence-electron chi connectivity index (χ1n) is 8.17.